The van der Waals surface area contributed by atoms with E-state index in [0.29, 0.717) is 30.1 Å². The molecule has 0 aliphatic carbocycles. The molecule has 0 bridgehead atoms. The highest BCUT2D eigenvalue weighted by Crippen LogP contribution is 2.32. The van der Waals surface area contributed by atoms with Crippen LogP contribution in [0.5, 0.6) is 0 Å². The van der Waals surface area contributed by atoms with Gasteiger partial charge in [0.05, 0.1) is 16.6 Å². The molecule has 1 aromatic rings. The Morgan fingerprint density at radius 2 is 2.00 bits per heavy atom. The highest BCUT2D eigenvalue weighted by atomic mass is 35.5. The summed E-state index contributed by atoms with van der Waals surface area (Å²) >= 11 is 6.12. The smallest absolute Gasteiger partial charge is 0.326 e. The van der Waals surface area contributed by atoms with Gasteiger partial charge in [-0.05, 0) is 25.0 Å². The van der Waals surface area contributed by atoms with Crippen LogP contribution in [-0.2, 0) is 14.4 Å². The van der Waals surface area contributed by atoms with Crippen molar-refractivity contribution in [1.29, 1.82) is 0 Å². The molecule has 0 spiro atoms. The summed E-state index contributed by atoms with van der Waals surface area (Å²) in [5, 5.41) is 9.66. The number of halogens is 1. The molecule has 2 saturated heterocycles. The fourth-order valence-corrected chi connectivity index (χ4v) is 3.54. The van der Waals surface area contributed by atoms with Crippen LogP contribution in [0.3, 0.4) is 0 Å². The number of amides is 2. The van der Waals surface area contributed by atoms with Crippen molar-refractivity contribution in [2.24, 2.45) is 5.92 Å². The lowest BCUT2D eigenvalue weighted by atomic mass is 10.1. The van der Waals surface area contributed by atoms with Gasteiger partial charge < -0.3 is 14.9 Å². The third kappa shape index (κ3) is 2.91. The number of para-hydroxylation sites is 1. The summed E-state index contributed by atoms with van der Waals surface area (Å²) in [5.41, 5.74) is 0.589. The fourth-order valence-electron chi connectivity index (χ4n) is 3.30. The minimum Gasteiger partial charge on any atom is -0.480 e. The van der Waals surface area contributed by atoms with E-state index in [4.69, 9.17) is 11.6 Å². The average Bonchev–Trinajstić information content (AvgIpc) is 3.14. The molecule has 7 heteroatoms. The van der Waals surface area contributed by atoms with Gasteiger partial charge in [-0.25, -0.2) is 4.79 Å². The van der Waals surface area contributed by atoms with Crippen molar-refractivity contribution in [2.45, 2.75) is 25.3 Å². The van der Waals surface area contributed by atoms with Gasteiger partial charge in [0.15, 0.2) is 0 Å². The SMILES string of the molecule is O=C(O)[C@H]1CCCN1C(=O)C1CC(=O)N(c2ccccc2Cl)C1. The first-order chi connectivity index (χ1) is 11.0. The number of rotatable bonds is 3. The third-order valence-corrected chi connectivity index (χ3v) is 4.76. The highest BCUT2D eigenvalue weighted by molar-refractivity contribution is 6.33. The van der Waals surface area contributed by atoms with Gasteiger partial charge in [-0.1, -0.05) is 23.7 Å². The van der Waals surface area contributed by atoms with E-state index in [2.05, 4.69) is 0 Å². The molecule has 3 rings (SSSR count). The Balaban J connectivity index is 1.76. The number of anilines is 1. The van der Waals surface area contributed by atoms with Crippen LogP contribution in [0.25, 0.3) is 0 Å². The predicted octanol–water partition coefficient (Wildman–Crippen LogP) is 1.77. The van der Waals surface area contributed by atoms with Crippen molar-refractivity contribution in [1.82, 2.24) is 4.90 Å². The van der Waals surface area contributed by atoms with Crippen LogP contribution in [0.15, 0.2) is 24.3 Å². The summed E-state index contributed by atoms with van der Waals surface area (Å²) in [6.07, 6.45) is 1.24. The zero-order valence-corrected chi connectivity index (χ0v) is 13.2. The number of carbonyl (C=O) groups excluding carboxylic acids is 2. The van der Waals surface area contributed by atoms with Crippen LogP contribution in [0.1, 0.15) is 19.3 Å². The van der Waals surface area contributed by atoms with Crippen LogP contribution in [0.4, 0.5) is 5.69 Å². The van der Waals surface area contributed by atoms with Crippen LogP contribution in [-0.4, -0.2) is 46.9 Å². The average molecular weight is 337 g/mol. The third-order valence-electron chi connectivity index (χ3n) is 4.44. The van der Waals surface area contributed by atoms with Crippen LogP contribution in [0, 0.1) is 5.92 Å². The second-order valence-corrected chi connectivity index (χ2v) is 6.29. The van der Waals surface area contributed by atoms with Gasteiger partial charge >= 0.3 is 5.97 Å². The number of carboxylic acid groups (broad SMARTS) is 1. The first kappa shape index (κ1) is 15.8. The molecule has 1 N–H and O–H groups in total. The van der Waals surface area contributed by atoms with E-state index < -0.39 is 17.9 Å². The minimum atomic E-state index is -0.983. The predicted molar refractivity (Wildman–Crippen MR) is 84.3 cm³/mol. The molecule has 1 unspecified atom stereocenters. The Labute approximate surface area is 138 Å². The molecule has 2 fully saturated rings. The highest BCUT2D eigenvalue weighted by Gasteiger charge is 2.42. The second kappa shape index (κ2) is 6.20. The molecule has 0 radical (unpaired) electrons. The summed E-state index contributed by atoms with van der Waals surface area (Å²) in [6.45, 7) is 0.677. The zero-order chi connectivity index (χ0) is 16.6. The molecule has 2 aliphatic rings. The van der Waals surface area contributed by atoms with Gasteiger partial charge in [-0.3, -0.25) is 9.59 Å². The lowest BCUT2D eigenvalue weighted by Gasteiger charge is -2.24. The van der Waals surface area contributed by atoms with E-state index in [9.17, 15) is 19.5 Å². The lowest BCUT2D eigenvalue weighted by molar-refractivity contribution is -0.149. The molecule has 2 heterocycles. The van der Waals surface area contributed by atoms with E-state index in [0.717, 1.165) is 0 Å². The van der Waals surface area contributed by atoms with Gasteiger partial charge in [-0.15, -0.1) is 0 Å². The van der Waals surface area contributed by atoms with Crippen molar-refractivity contribution in [3.05, 3.63) is 29.3 Å². The van der Waals surface area contributed by atoms with Crippen molar-refractivity contribution >= 4 is 35.1 Å². The van der Waals surface area contributed by atoms with Crippen molar-refractivity contribution < 1.29 is 19.5 Å². The second-order valence-electron chi connectivity index (χ2n) is 5.88. The normalized spacial score (nSPS) is 24.3. The van der Waals surface area contributed by atoms with Crippen molar-refractivity contribution in [3.63, 3.8) is 0 Å². The fraction of sp³-hybridized carbons (Fsp3) is 0.438. The molecule has 1 aromatic carbocycles. The number of hydrogen-bond acceptors (Lipinski definition) is 3. The summed E-state index contributed by atoms with van der Waals surface area (Å²) < 4.78 is 0. The van der Waals surface area contributed by atoms with Crippen LogP contribution >= 0.6 is 11.6 Å². The minimum absolute atomic E-state index is 0.0902. The van der Waals surface area contributed by atoms with E-state index in [1.165, 1.54) is 9.80 Å². The van der Waals surface area contributed by atoms with E-state index in [-0.39, 0.29) is 24.8 Å². The van der Waals surface area contributed by atoms with Crippen LogP contribution in [0.2, 0.25) is 5.02 Å². The topological polar surface area (TPSA) is 77.9 Å². The summed E-state index contributed by atoms with van der Waals surface area (Å²) in [7, 11) is 0. The Hall–Kier alpha value is -2.08. The number of hydrogen-bond donors (Lipinski definition) is 1. The molecule has 6 nitrogen and oxygen atoms in total. The van der Waals surface area contributed by atoms with Gasteiger partial charge in [0.2, 0.25) is 11.8 Å². The number of nitrogens with zero attached hydrogens (tertiary/aromatic N) is 2. The number of carboxylic acids is 1. The summed E-state index contributed by atoms with van der Waals surface area (Å²) in [6, 6.07) is 6.22. The molecule has 2 atom stereocenters. The molecule has 23 heavy (non-hydrogen) atoms. The Morgan fingerprint density at radius 1 is 1.26 bits per heavy atom. The van der Waals surface area contributed by atoms with Crippen LogP contribution < -0.4 is 4.90 Å². The van der Waals surface area contributed by atoms with Gasteiger partial charge in [0.1, 0.15) is 6.04 Å². The number of likely N-dealkylation sites (tertiary alicyclic amines) is 1. The van der Waals surface area contributed by atoms with E-state index in [1.54, 1.807) is 24.3 Å². The number of benzene rings is 1. The number of carbonyl (C=O) groups is 3. The maximum atomic E-state index is 12.6. The summed E-state index contributed by atoms with van der Waals surface area (Å²) in [4.78, 5) is 39.0. The maximum absolute atomic E-state index is 12.6. The van der Waals surface area contributed by atoms with Gasteiger partial charge in [0, 0.05) is 19.5 Å². The molecular formula is C16H17ClN2O4. The van der Waals surface area contributed by atoms with Crippen molar-refractivity contribution in [2.75, 3.05) is 18.0 Å². The standard InChI is InChI=1S/C16H17ClN2O4/c17-11-4-1-2-5-12(11)19-9-10(8-14(19)20)15(21)18-7-3-6-13(18)16(22)23/h1-2,4-5,10,13H,3,6-9H2,(H,22,23)/t10?,13-/m1/s1. The quantitative estimate of drug-likeness (QED) is 0.912. The molecule has 122 valence electrons. The monoisotopic (exact) mass is 336 g/mol. The lowest BCUT2D eigenvalue weighted by Crippen LogP contribution is -2.44. The van der Waals surface area contributed by atoms with E-state index in [1.807, 2.05) is 0 Å². The molecule has 0 aromatic heterocycles. The largest absolute Gasteiger partial charge is 0.480 e. The molecule has 2 aliphatic heterocycles. The van der Waals surface area contributed by atoms with Gasteiger partial charge in [0.25, 0.3) is 0 Å². The Kier molecular flexibility index (Phi) is 4.26. The molecular weight excluding hydrogens is 320 g/mol. The molecule has 2 amide bonds. The number of aliphatic carboxylic acids is 1. The van der Waals surface area contributed by atoms with Gasteiger partial charge in [-0.2, -0.15) is 0 Å². The van der Waals surface area contributed by atoms with Crippen molar-refractivity contribution in [3.8, 4) is 0 Å². The summed E-state index contributed by atoms with van der Waals surface area (Å²) in [5.74, 6) is -1.91. The maximum Gasteiger partial charge on any atom is 0.326 e. The zero-order valence-electron chi connectivity index (χ0n) is 12.4. The first-order valence-corrected chi connectivity index (χ1v) is 7.95. The molecule has 0 saturated carbocycles. The Morgan fingerprint density at radius 3 is 2.70 bits per heavy atom. The Bertz CT molecular complexity index is 663. The van der Waals surface area contributed by atoms with E-state index >= 15 is 0 Å². The first-order valence-electron chi connectivity index (χ1n) is 7.57.